The Morgan fingerprint density at radius 3 is 2.25 bits per heavy atom. The van der Waals surface area contributed by atoms with Crippen LogP contribution in [0.4, 0.5) is 5.82 Å². The highest BCUT2D eigenvalue weighted by Gasteiger charge is 2.26. The Hall–Kier alpha value is -3.81. The van der Waals surface area contributed by atoms with Crippen molar-refractivity contribution in [1.29, 1.82) is 0 Å². The molecule has 8 heteroatoms. The number of carbonyl (C=O) groups excluding carboxylic acids is 1. The summed E-state index contributed by atoms with van der Waals surface area (Å²) in [4.78, 5) is 22.8. The molecule has 0 saturated heterocycles. The third-order valence-electron chi connectivity index (χ3n) is 6.31. The molecule has 0 saturated carbocycles. The third kappa shape index (κ3) is 5.22. The van der Waals surface area contributed by atoms with E-state index in [0.717, 1.165) is 19.3 Å². The van der Waals surface area contributed by atoms with Crippen molar-refractivity contribution < 1.29 is 19.0 Å². The summed E-state index contributed by atoms with van der Waals surface area (Å²) in [6.45, 7) is 2.55. The van der Waals surface area contributed by atoms with Crippen LogP contribution in [0.3, 0.4) is 0 Å². The highest BCUT2D eigenvalue weighted by molar-refractivity contribution is 6.09. The normalized spacial score (nSPS) is 11.2. The van der Waals surface area contributed by atoms with E-state index in [-0.39, 0.29) is 11.4 Å². The topological polar surface area (TPSA) is 101 Å². The molecule has 2 aromatic heterocycles. The van der Waals surface area contributed by atoms with Gasteiger partial charge in [-0.2, -0.15) is 0 Å². The van der Waals surface area contributed by atoms with Crippen LogP contribution in [-0.2, 0) is 4.74 Å². The molecular formula is C28H34N4O4. The maximum atomic E-state index is 13.2. The highest BCUT2D eigenvalue weighted by Crippen LogP contribution is 2.35. The molecule has 0 radical (unpaired) electrons. The summed E-state index contributed by atoms with van der Waals surface area (Å²) < 4.78 is 18.2. The number of carbonyl (C=O) groups is 1. The fourth-order valence-corrected chi connectivity index (χ4v) is 4.38. The van der Waals surface area contributed by atoms with Crippen molar-refractivity contribution in [2.75, 3.05) is 26.6 Å². The zero-order valence-electron chi connectivity index (χ0n) is 21.3. The molecule has 0 fully saturated rings. The Labute approximate surface area is 211 Å². The first-order chi connectivity index (χ1) is 17.6. The number of hydrogen-bond donors (Lipinski definition) is 1. The van der Waals surface area contributed by atoms with Crippen LogP contribution in [0, 0.1) is 0 Å². The summed E-state index contributed by atoms with van der Waals surface area (Å²) in [5.41, 5.74) is 9.74. The van der Waals surface area contributed by atoms with Gasteiger partial charge in [0.15, 0.2) is 17.1 Å². The minimum atomic E-state index is -0.493. The van der Waals surface area contributed by atoms with Gasteiger partial charge in [0.1, 0.15) is 16.9 Å². The second kappa shape index (κ2) is 11.7. The van der Waals surface area contributed by atoms with Crippen molar-refractivity contribution in [2.45, 2.75) is 51.9 Å². The standard InChI is InChI=1S/C28H34N4O4/c1-4-5-6-7-8-9-12-17-36-28(33)24-25-27(31-21-14-11-10-13-20(21)30-25)32(26(24)29)19-15-16-22(34-2)23(18-19)35-3/h10-11,13-16,18H,4-9,12,17,29H2,1-3H3. The fraction of sp³-hybridized carbons (Fsp3) is 0.393. The minimum absolute atomic E-state index is 0.220. The van der Waals surface area contributed by atoms with Gasteiger partial charge in [-0.25, -0.2) is 14.8 Å². The van der Waals surface area contributed by atoms with E-state index >= 15 is 0 Å². The number of unbranched alkanes of at least 4 members (excludes halogenated alkanes) is 6. The first-order valence-electron chi connectivity index (χ1n) is 12.5. The van der Waals surface area contributed by atoms with Crippen molar-refractivity contribution in [3.8, 4) is 17.2 Å². The number of aromatic nitrogens is 3. The van der Waals surface area contributed by atoms with Crippen molar-refractivity contribution in [3.63, 3.8) is 0 Å². The molecule has 0 atom stereocenters. The number of esters is 1. The Kier molecular flexibility index (Phi) is 8.25. The first kappa shape index (κ1) is 25.3. The molecule has 8 nitrogen and oxygen atoms in total. The molecule has 0 spiro atoms. The van der Waals surface area contributed by atoms with Crippen molar-refractivity contribution in [2.24, 2.45) is 0 Å². The summed E-state index contributed by atoms with van der Waals surface area (Å²) in [6.07, 6.45) is 7.98. The lowest BCUT2D eigenvalue weighted by Gasteiger charge is -2.12. The van der Waals surface area contributed by atoms with E-state index in [1.807, 2.05) is 30.3 Å². The molecule has 0 bridgehead atoms. The Bertz CT molecular complexity index is 1350. The number of nitrogen functional groups attached to an aromatic ring is 1. The van der Waals surface area contributed by atoms with Gasteiger partial charge in [-0.05, 0) is 30.7 Å². The number of nitrogens with zero attached hydrogens (tertiary/aromatic N) is 3. The predicted molar refractivity (Wildman–Crippen MR) is 142 cm³/mol. The highest BCUT2D eigenvalue weighted by atomic mass is 16.5. The quantitative estimate of drug-likeness (QED) is 0.190. The second-order valence-corrected chi connectivity index (χ2v) is 8.78. The molecule has 0 aliphatic rings. The van der Waals surface area contributed by atoms with Gasteiger partial charge in [0, 0.05) is 6.07 Å². The Morgan fingerprint density at radius 2 is 1.56 bits per heavy atom. The maximum absolute atomic E-state index is 13.2. The number of ether oxygens (including phenoxy) is 3. The number of hydrogen-bond acceptors (Lipinski definition) is 7. The smallest absolute Gasteiger partial charge is 0.344 e. The number of anilines is 1. The van der Waals surface area contributed by atoms with Crippen LogP contribution in [0.1, 0.15) is 62.2 Å². The number of para-hydroxylation sites is 2. The number of fused-ring (bicyclic) bond motifs is 2. The fourth-order valence-electron chi connectivity index (χ4n) is 4.38. The van der Waals surface area contributed by atoms with Crippen LogP contribution in [0.25, 0.3) is 27.9 Å². The van der Waals surface area contributed by atoms with Gasteiger partial charge >= 0.3 is 5.97 Å². The number of nitrogens with two attached hydrogens (primary N) is 1. The zero-order chi connectivity index (χ0) is 25.5. The lowest BCUT2D eigenvalue weighted by molar-refractivity contribution is 0.0501. The van der Waals surface area contributed by atoms with E-state index in [0.29, 0.717) is 46.0 Å². The molecule has 0 amide bonds. The summed E-state index contributed by atoms with van der Waals surface area (Å²) >= 11 is 0. The van der Waals surface area contributed by atoms with E-state index in [1.165, 1.54) is 25.7 Å². The van der Waals surface area contributed by atoms with Crippen LogP contribution >= 0.6 is 0 Å². The predicted octanol–water partition coefficient (Wildman–Crippen LogP) is 6.08. The lowest BCUT2D eigenvalue weighted by Crippen LogP contribution is -2.10. The van der Waals surface area contributed by atoms with Crippen LogP contribution in [0.15, 0.2) is 42.5 Å². The van der Waals surface area contributed by atoms with Crippen LogP contribution in [0.5, 0.6) is 11.5 Å². The molecule has 190 valence electrons. The van der Waals surface area contributed by atoms with Gasteiger partial charge < -0.3 is 19.9 Å². The van der Waals surface area contributed by atoms with Gasteiger partial charge in [-0.1, -0.05) is 57.6 Å². The number of rotatable bonds is 12. The van der Waals surface area contributed by atoms with E-state index in [4.69, 9.17) is 29.9 Å². The molecule has 0 unspecified atom stereocenters. The van der Waals surface area contributed by atoms with E-state index in [1.54, 1.807) is 30.9 Å². The molecule has 4 aromatic rings. The molecule has 4 rings (SSSR count). The monoisotopic (exact) mass is 490 g/mol. The average molecular weight is 491 g/mol. The molecule has 0 aliphatic carbocycles. The minimum Gasteiger partial charge on any atom is -0.493 e. The van der Waals surface area contributed by atoms with Gasteiger partial charge in [0.25, 0.3) is 0 Å². The molecule has 2 heterocycles. The summed E-state index contributed by atoms with van der Waals surface area (Å²) in [7, 11) is 3.15. The average Bonchev–Trinajstić information content (AvgIpc) is 3.18. The van der Waals surface area contributed by atoms with Crippen LogP contribution < -0.4 is 15.2 Å². The van der Waals surface area contributed by atoms with Crippen molar-refractivity contribution in [3.05, 3.63) is 48.0 Å². The molecule has 2 N–H and O–H groups in total. The second-order valence-electron chi connectivity index (χ2n) is 8.78. The maximum Gasteiger partial charge on any atom is 0.344 e. The van der Waals surface area contributed by atoms with Gasteiger partial charge in [0.2, 0.25) is 0 Å². The molecular weight excluding hydrogens is 456 g/mol. The lowest BCUT2D eigenvalue weighted by atomic mass is 10.1. The summed E-state index contributed by atoms with van der Waals surface area (Å²) in [5, 5.41) is 0. The van der Waals surface area contributed by atoms with Gasteiger partial charge in [-0.15, -0.1) is 0 Å². The van der Waals surface area contributed by atoms with Crippen molar-refractivity contribution >= 4 is 34.0 Å². The van der Waals surface area contributed by atoms with Crippen LogP contribution in [0.2, 0.25) is 0 Å². The third-order valence-corrected chi connectivity index (χ3v) is 6.31. The Balaban J connectivity index is 1.67. The van der Waals surface area contributed by atoms with E-state index < -0.39 is 5.97 Å². The molecule has 0 aliphatic heterocycles. The largest absolute Gasteiger partial charge is 0.493 e. The van der Waals surface area contributed by atoms with Crippen LogP contribution in [-0.4, -0.2) is 41.3 Å². The first-order valence-corrected chi connectivity index (χ1v) is 12.5. The number of methoxy groups -OCH3 is 2. The SMILES string of the molecule is CCCCCCCCCOC(=O)c1c(N)n(-c2ccc(OC)c(OC)c2)c2nc3ccccc3nc12. The Morgan fingerprint density at radius 1 is 0.889 bits per heavy atom. The van der Waals surface area contributed by atoms with Gasteiger partial charge in [0.05, 0.1) is 37.5 Å². The van der Waals surface area contributed by atoms with E-state index in [9.17, 15) is 4.79 Å². The van der Waals surface area contributed by atoms with E-state index in [2.05, 4.69) is 6.92 Å². The van der Waals surface area contributed by atoms with Gasteiger partial charge in [-0.3, -0.25) is 4.57 Å². The summed E-state index contributed by atoms with van der Waals surface area (Å²) in [5.74, 6) is 0.847. The number of benzene rings is 2. The van der Waals surface area contributed by atoms with Crippen molar-refractivity contribution in [1.82, 2.24) is 14.5 Å². The summed E-state index contributed by atoms with van der Waals surface area (Å²) in [6, 6.07) is 12.9. The zero-order valence-corrected chi connectivity index (χ0v) is 21.3. The molecule has 36 heavy (non-hydrogen) atoms. The molecule has 2 aromatic carbocycles.